The normalized spacial score (nSPS) is 11.4. The van der Waals surface area contributed by atoms with Crippen LogP contribution in [0.15, 0.2) is 47.4 Å². The van der Waals surface area contributed by atoms with Crippen molar-refractivity contribution >= 4 is 15.8 Å². The highest BCUT2D eigenvalue weighted by Gasteiger charge is 2.09. The summed E-state index contributed by atoms with van der Waals surface area (Å²) in [6, 6.07) is 12.4. The van der Waals surface area contributed by atoms with Crippen LogP contribution < -0.4 is 5.32 Å². The van der Waals surface area contributed by atoms with Crippen LogP contribution in [0.25, 0.3) is 0 Å². The Morgan fingerprint density at radius 2 is 1.86 bits per heavy atom. The van der Waals surface area contributed by atoms with Crippen molar-refractivity contribution in [2.75, 3.05) is 5.32 Å². The molecule has 21 heavy (non-hydrogen) atoms. The Kier molecular flexibility index (Phi) is 4.65. The number of hydrogen-bond acceptors (Lipinski definition) is 3. The predicted molar refractivity (Wildman–Crippen MR) is 84.1 cm³/mol. The van der Waals surface area contributed by atoms with E-state index in [1.807, 2.05) is 18.2 Å². The number of rotatable bonds is 5. The van der Waals surface area contributed by atoms with Crippen molar-refractivity contribution in [1.29, 1.82) is 0 Å². The second-order valence-corrected chi connectivity index (χ2v) is 6.35. The fourth-order valence-corrected chi connectivity index (χ4v) is 2.90. The Labute approximate surface area is 125 Å². The van der Waals surface area contributed by atoms with Crippen LogP contribution in [0.5, 0.6) is 0 Å². The third-order valence-electron chi connectivity index (χ3n) is 3.44. The number of hydrogen-bond donors (Lipinski definition) is 2. The zero-order valence-electron chi connectivity index (χ0n) is 12.1. The molecule has 0 aromatic heterocycles. The molecule has 2 N–H and O–H groups in total. The van der Waals surface area contributed by atoms with Crippen molar-refractivity contribution in [2.45, 2.75) is 31.7 Å². The fourth-order valence-electron chi connectivity index (χ4n) is 2.35. The lowest BCUT2D eigenvalue weighted by molar-refractivity contribution is 0.483. The number of anilines is 1. The van der Waals surface area contributed by atoms with E-state index in [9.17, 15) is 8.42 Å². The Morgan fingerprint density at radius 1 is 1.14 bits per heavy atom. The molecule has 0 saturated heterocycles. The van der Waals surface area contributed by atoms with Crippen LogP contribution in [0.2, 0.25) is 0 Å². The molecule has 0 atom stereocenters. The average Bonchev–Trinajstić information content (AvgIpc) is 2.44. The van der Waals surface area contributed by atoms with Gasteiger partial charge < -0.3 is 5.32 Å². The predicted octanol–water partition coefficient (Wildman–Crippen LogP) is 3.42. The summed E-state index contributed by atoms with van der Waals surface area (Å²) in [7, 11) is -4.16. The summed E-state index contributed by atoms with van der Waals surface area (Å²) < 4.78 is 31.3. The molecule has 0 aliphatic heterocycles. The maximum absolute atomic E-state index is 11.1. The second-order valence-electron chi connectivity index (χ2n) is 4.93. The van der Waals surface area contributed by atoms with Gasteiger partial charge in [0.05, 0.1) is 4.90 Å². The standard InChI is InChI=1S/C16H19NO3S/c1-3-15-12(2)6-4-9-16(15)17-11-13-7-5-8-14(10-13)21(18,19)20/h4-10,17H,3,11H2,1-2H3,(H,18,19,20). The first kappa shape index (κ1) is 15.5. The van der Waals surface area contributed by atoms with Crippen molar-refractivity contribution in [3.63, 3.8) is 0 Å². The van der Waals surface area contributed by atoms with Crippen LogP contribution in [0.4, 0.5) is 5.69 Å². The van der Waals surface area contributed by atoms with E-state index in [0.717, 1.165) is 17.7 Å². The highest BCUT2D eigenvalue weighted by Crippen LogP contribution is 2.21. The largest absolute Gasteiger partial charge is 0.381 e. The number of benzene rings is 2. The smallest absolute Gasteiger partial charge is 0.294 e. The molecule has 112 valence electrons. The summed E-state index contributed by atoms with van der Waals surface area (Å²) >= 11 is 0. The highest BCUT2D eigenvalue weighted by molar-refractivity contribution is 7.85. The zero-order chi connectivity index (χ0) is 15.5. The molecule has 4 nitrogen and oxygen atoms in total. The summed E-state index contributed by atoms with van der Waals surface area (Å²) in [5, 5.41) is 3.32. The van der Waals surface area contributed by atoms with Crippen molar-refractivity contribution in [1.82, 2.24) is 0 Å². The molecule has 2 rings (SSSR count). The van der Waals surface area contributed by atoms with Gasteiger partial charge >= 0.3 is 0 Å². The van der Waals surface area contributed by atoms with E-state index >= 15 is 0 Å². The fraction of sp³-hybridized carbons (Fsp3) is 0.250. The molecular formula is C16H19NO3S. The van der Waals surface area contributed by atoms with Crippen LogP contribution in [0, 0.1) is 6.92 Å². The van der Waals surface area contributed by atoms with Gasteiger partial charge in [-0.15, -0.1) is 0 Å². The number of aryl methyl sites for hydroxylation is 1. The molecule has 0 spiro atoms. The lowest BCUT2D eigenvalue weighted by Crippen LogP contribution is -2.05. The summed E-state index contributed by atoms with van der Waals surface area (Å²) in [5.41, 5.74) is 4.33. The van der Waals surface area contributed by atoms with Gasteiger partial charge in [0.2, 0.25) is 0 Å². The molecule has 0 amide bonds. The second kappa shape index (κ2) is 6.28. The minimum atomic E-state index is -4.16. The minimum Gasteiger partial charge on any atom is -0.381 e. The molecule has 0 heterocycles. The van der Waals surface area contributed by atoms with Gasteiger partial charge in [0.25, 0.3) is 10.1 Å². The lowest BCUT2D eigenvalue weighted by atomic mass is 10.0. The Hall–Kier alpha value is -1.85. The first-order valence-corrected chi connectivity index (χ1v) is 8.24. The van der Waals surface area contributed by atoms with Gasteiger partial charge in [0.1, 0.15) is 0 Å². The SMILES string of the molecule is CCc1c(C)cccc1NCc1cccc(S(=O)(=O)O)c1. The Bertz CT molecular complexity index is 739. The van der Waals surface area contributed by atoms with Crippen molar-refractivity contribution in [2.24, 2.45) is 0 Å². The molecule has 2 aromatic rings. The van der Waals surface area contributed by atoms with E-state index in [-0.39, 0.29) is 4.90 Å². The van der Waals surface area contributed by atoms with Crippen LogP contribution in [0.1, 0.15) is 23.6 Å². The summed E-state index contributed by atoms with van der Waals surface area (Å²) in [5.74, 6) is 0. The van der Waals surface area contributed by atoms with Gasteiger partial charge in [0, 0.05) is 12.2 Å². The third-order valence-corrected chi connectivity index (χ3v) is 4.29. The van der Waals surface area contributed by atoms with Crippen molar-refractivity contribution < 1.29 is 13.0 Å². The van der Waals surface area contributed by atoms with Gasteiger partial charge in [-0.25, -0.2) is 0 Å². The molecule has 5 heteroatoms. The summed E-state index contributed by atoms with van der Waals surface area (Å²) in [4.78, 5) is -0.0817. The molecule has 0 bridgehead atoms. The van der Waals surface area contributed by atoms with Crippen LogP contribution >= 0.6 is 0 Å². The van der Waals surface area contributed by atoms with E-state index in [1.54, 1.807) is 6.07 Å². The molecule has 0 aliphatic rings. The Morgan fingerprint density at radius 3 is 2.52 bits per heavy atom. The minimum absolute atomic E-state index is 0.0817. The topological polar surface area (TPSA) is 66.4 Å². The quantitative estimate of drug-likeness (QED) is 0.831. The molecule has 0 unspecified atom stereocenters. The highest BCUT2D eigenvalue weighted by atomic mass is 32.2. The first-order chi connectivity index (χ1) is 9.91. The molecule has 0 aliphatic carbocycles. The van der Waals surface area contributed by atoms with Crippen LogP contribution in [-0.2, 0) is 23.1 Å². The summed E-state index contributed by atoms with van der Waals surface area (Å²) in [6.45, 7) is 4.68. The lowest BCUT2D eigenvalue weighted by Gasteiger charge is -2.13. The van der Waals surface area contributed by atoms with Crippen LogP contribution in [-0.4, -0.2) is 13.0 Å². The molecule has 0 fully saturated rings. The average molecular weight is 305 g/mol. The van der Waals surface area contributed by atoms with Gasteiger partial charge in [0.15, 0.2) is 0 Å². The maximum atomic E-state index is 11.1. The van der Waals surface area contributed by atoms with E-state index in [1.165, 1.54) is 23.3 Å². The molecule has 0 saturated carbocycles. The monoisotopic (exact) mass is 305 g/mol. The molecule has 0 radical (unpaired) electrons. The first-order valence-electron chi connectivity index (χ1n) is 6.80. The summed E-state index contributed by atoms with van der Waals surface area (Å²) in [6.07, 6.45) is 0.931. The van der Waals surface area contributed by atoms with E-state index < -0.39 is 10.1 Å². The van der Waals surface area contributed by atoms with E-state index in [0.29, 0.717) is 6.54 Å². The van der Waals surface area contributed by atoms with Gasteiger partial charge in [-0.3, -0.25) is 4.55 Å². The van der Waals surface area contributed by atoms with Gasteiger partial charge in [-0.05, 0) is 48.2 Å². The Balaban J connectivity index is 2.19. The van der Waals surface area contributed by atoms with Gasteiger partial charge in [-0.1, -0.05) is 31.2 Å². The zero-order valence-corrected chi connectivity index (χ0v) is 12.9. The number of nitrogens with one attached hydrogen (secondary N) is 1. The van der Waals surface area contributed by atoms with Crippen molar-refractivity contribution in [3.05, 3.63) is 59.2 Å². The molecule has 2 aromatic carbocycles. The maximum Gasteiger partial charge on any atom is 0.294 e. The van der Waals surface area contributed by atoms with E-state index in [2.05, 4.69) is 25.2 Å². The van der Waals surface area contributed by atoms with Crippen LogP contribution in [0.3, 0.4) is 0 Å². The van der Waals surface area contributed by atoms with Crippen molar-refractivity contribution in [3.8, 4) is 0 Å². The van der Waals surface area contributed by atoms with E-state index in [4.69, 9.17) is 4.55 Å². The third kappa shape index (κ3) is 3.83. The molecular weight excluding hydrogens is 286 g/mol. The van der Waals surface area contributed by atoms with Gasteiger partial charge in [-0.2, -0.15) is 8.42 Å².